The molecule has 1 aliphatic rings. The zero-order chi connectivity index (χ0) is 9.80. The average molecular weight is 255 g/mol. The van der Waals surface area contributed by atoms with E-state index in [1.165, 1.54) is 42.4 Å². The Bertz CT molecular complexity index is 295. The molecule has 0 saturated carbocycles. The monoisotopic (exact) mass is 254 g/mol. The van der Waals surface area contributed by atoms with Crippen molar-refractivity contribution in [2.24, 2.45) is 0 Å². The number of rotatable bonds is 2. The summed E-state index contributed by atoms with van der Waals surface area (Å²) in [6.45, 7) is 3.51. The second-order valence-corrected chi connectivity index (χ2v) is 4.66. The number of hydrogen-bond acceptors (Lipinski definition) is 2. The van der Waals surface area contributed by atoms with E-state index in [1.807, 2.05) is 18.5 Å². The fourth-order valence-corrected chi connectivity index (χ4v) is 2.23. The van der Waals surface area contributed by atoms with Gasteiger partial charge in [0.15, 0.2) is 0 Å². The first-order valence-electron chi connectivity index (χ1n) is 5.17. The summed E-state index contributed by atoms with van der Waals surface area (Å²) < 4.78 is 1.18. The molecule has 76 valence electrons. The van der Waals surface area contributed by atoms with Crippen LogP contribution in [0.25, 0.3) is 0 Å². The van der Waals surface area contributed by atoms with Gasteiger partial charge in [-0.25, -0.2) is 0 Å². The van der Waals surface area contributed by atoms with E-state index >= 15 is 0 Å². The fraction of sp³-hybridized carbons (Fsp3) is 0.545. The molecule has 0 spiro atoms. The number of hydrogen-bond donors (Lipinski definition) is 0. The first kappa shape index (κ1) is 10.1. The molecule has 0 radical (unpaired) electrons. The zero-order valence-electron chi connectivity index (χ0n) is 8.25. The van der Waals surface area contributed by atoms with Gasteiger partial charge >= 0.3 is 0 Å². The Kier molecular flexibility index (Phi) is 3.54. The lowest BCUT2D eigenvalue weighted by molar-refractivity contribution is 0.220. The van der Waals surface area contributed by atoms with Crippen LogP contribution in [0.5, 0.6) is 0 Å². The summed E-state index contributed by atoms with van der Waals surface area (Å²) in [5.74, 6) is 0. The number of pyridine rings is 1. The molecule has 1 aliphatic heterocycles. The molecule has 0 unspecified atom stereocenters. The van der Waals surface area contributed by atoms with Crippen molar-refractivity contribution in [3.8, 4) is 0 Å². The van der Waals surface area contributed by atoms with Crippen molar-refractivity contribution in [1.29, 1.82) is 0 Å². The van der Waals surface area contributed by atoms with Crippen LogP contribution in [0.15, 0.2) is 22.9 Å². The van der Waals surface area contributed by atoms with E-state index < -0.39 is 0 Å². The van der Waals surface area contributed by atoms with Gasteiger partial charge in [-0.1, -0.05) is 22.4 Å². The van der Waals surface area contributed by atoms with Gasteiger partial charge in [0.1, 0.15) is 0 Å². The normalized spacial score (nSPS) is 18.4. The summed E-state index contributed by atoms with van der Waals surface area (Å²) in [5, 5.41) is 0. The molecular formula is C11H15BrN2. The summed E-state index contributed by atoms with van der Waals surface area (Å²) in [6, 6.07) is 2.01. The van der Waals surface area contributed by atoms with Gasteiger partial charge in [0, 0.05) is 23.4 Å². The van der Waals surface area contributed by atoms with Crippen LogP contribution in [0.2, 0.25) is 0 Å². The van der Waals surface area contributed by atoms with Crippen LogP contribution in [-0.2, 0) is 6.54 Å². The molecule has 1 aromatic rings. The molecule has 1 fully saturated rings. The molecule has 0 atom stereocenters. The van der Waals surface area contributed by atoms with Crippen LogP contribution in [-0.4, -0.2) is 23.0 Å². The van der Waals surface area contributed by atoms with Crippen molar-refractivity contribution in [2.75, 3.05) is 13.1 Å². The highest BCUT2D eigenvalue weighted by atomic mass is 79.9. The molecule has 3 heteroatoms. The Morgan fingerprint density at radius 2 is 2.07 bits per heavy atom. The Balaban J connectivity index is 1.99. The average Bonchev–Trinajstić information content (AvgIpc) is 2.23. The van der Waals surface area contributed by atoms with Crippen LogP contribution in [0.1, 0.15) is 24.8 Å². The lowest BCUT2D eigenvalue weighted by Gasteiger charge is -2.26. The molecule has 0 N–H and O–H groups in total. The minimum absolute atomic E-state index is 1.04. The number of aromatic nitrogens is 1. The number of nitrogens with zero attached hydrogens (tertiary/aromatic N) is 2. The molecule has 0 aliphatic carbocycles. The minimum atomic E-state index is 1.04. The molecule has 2 nitrogen and oxygen atoms in total. The molecule has 1 aromatic heterocycles. The SMILES string of the molecule is Brc1ccncc1CN1CCCCC1. The largest absolute Gasteiger partial charge is 0.299 e. The molecule has 1 saturated heterocycles. The summed E-state index contributed by atoms with van der Waals surface area (Å²) in [5.41, 5.74) is 1.30. The van der Waals surface area contributed by atoms with E-state index in [9.17, 15) is 0 Å². The van der Waals surface area contributed by atoms with Crippen molar-refractivity contribution >= 4 is 15.9 Å². The third-order valence-electron chi connectivity index (χ3n) is 2.69. The van der Waals surface area contributed by atoms with Gasteiger partial charge in [0.25, 0.3) is 0 Å². The van der Waals surface area contributed by atoms with Gasteiger partial charge < -0.3 is 0 Å². The van der Waals surface area contributed by atoms with E-state index in [0.29, 0.717) is 0 Å². The summed E-state index contributed by atoms with van der Waals surface area (Å²) in [7, 11) is 0. The van der Waals surface area contributed by atoms with Crippen LogP contribution < -0.4 is 0 Å². The third kappa shape index (κ3) is 2.55. The fourth-order valence-electron chi connectivity index (χ4n) is 1.88. The highest BCUT2D eigenvalue weighted by Crippen LogP contribution is 2.18. The van der Waals surface area contributed by atoms with E-state index in [1.54, 1.807) is 0 Å². The van der Waals surface area contributed by atoms with Crippen molar-refractivity contribution < 1.29 is 0 Å². The highest BCUT2D eigenvalue weighted by Gasteiger charge is 2.11. The van der Waals surface area contributed by atoms with Crippen molar-refractivity contribution in [1.82, 2.24) is 9.88 Å². The van der Waals surface area contributed by atoms with Gasteiger partial charge in [0.05, 0.1) is 0 Å². The van der Waals surface area contributed by atoms with E-state index in [0.717, 1.165) is 6.54 Å². The first-order valence-corrected chi connectivity index (χ1v) is 5.96. The molecule has 14 heavy (non-hydrogen) atoms. The lowest BCUT2D eigenvalue weighted by atomic mass is 10.1. The van der Waals surface area contributed by atoms with Crippen LogP contribution in [0.3, 0.4) is 0 Å². The topological polar surface area (TPSA) is 16.1 Å². The maximum atomic E-state index is 4.15. The van der Waals surface area contributed by atoms with Crippen molar-refractivity contribution in [2.45, 2.75) is 25.8 Å². The van der Waals surface area contributed by atoms with Gasteiger partial charge in [-0.15, -0.1) is 0 Å². The maximum absolute atomic E-state index is 4.15. The van der Waals surface area contributed by atoms with Gasteiger partial charge in [0.2, 0.25) is 0 Å². The van der Waals surface area contributed by atoms with Gasteiger partial charge in [-0.3, -0.25) is 9.88 Å². The summed E-state index contributed by atoms with van der Waals surface area (Å²) >= 11 is 3.56. The molecule has 2 heterocycles. The number of halogens is 1. The second kappa shape index (κ2) is 4.89. The zero-order valence-corrected chi connectivity index (χ0v) is 9.83. The predicted molar refractivity (Wildman–Crippen MR) is 61.1 cm³/mol. The lowest BCUT2D eigenvalue weighted by Crippen LogP contribution is -2.29. The third-order valence-corrected chi connectivity index (χ3v) is 3.46. The molecule has 0 aromatic carbocycles. The summed E-state index contributed by atoms with van der Waals surface area (Å²) in [6.07, 6.45) is 7.86. The minimum Gasteiger partial charge on any atom is -0.299 e. The van der Waals surface area contributed by atoms with Crippen LogP contribution in [0, 0.1) is 0 Å². The van der Waals surface area contributed by atoms with E-state index in [4.69, 9.17) is 0 Å². The van der Waals surface area contributed by atoms with Crippen LogP contribution in [0.4, 0.5) is 0 Å². The van der Waals surface area contributed by atoms with E-state index in [-0.39, 0.29) is 0 Å². The quantitative estimate of drug-likeness (QED) is 0.807. The van der Waals surface area contributed by atoms with Crippen LogP contribution >= 0.6 is 15.9 Å². The summed E-state index contributed by atoms with van der Waals surface area (Å²) in [4.78, 5) is 6.66. The van der Waals surface area contributed by atoms with Gasteiger partial charge in [-0.05, 0) is 37.6 Å². The Morgan fingerprint density at radius 3 is 2.79 bits per heavy atom. The maximum Gasteiger partial charge on any atom is 0.0324 e. The Hall–Kier alpha value is -0.410. The molecular weight excluding hydrogens is 240 g/mol. The smallest absolute Gasteiger partial charge is 0.0324 e. The Morgan fingerprint density at radius 1 is 1.29 bits per heavy atom. The standard InChI is InChI=1S/C11H15BrN2/c12-11-4-5-13-8-10(11)9-14-6-2-1-3-7-14/h4-5,8H,1-3,6-7,9H2. The molecule has 0 bridgehead atoms. The molecule has 2 rings (SSSR count). The number of likely N-dealkylation sites (tertiary alicyclic amines) is 1. The van der Waals surface area contributed by atoms with Crippen molar-refractivity contribution in [3.05, 3.63) is 28.5 Å². The first-order chi connectivity index (χ1) is 6.86. The molecule has 0 amide bonds. The highest BCUT2D eigenvalue weighted by molar-refractivity contribution is 9.10. The van der Waals surface area contributed by atoms with E-state index in [2.05, 4.69) is 25.8 Å². The number of piperidine rings is 1. The second-order valence-electron chi connectivity index (χ2n) is 3.80. The van der Waals surface area contributed by atoms with Crippen molar-refractivity contribution in [3.63, 3.8) is 0 Å². The Labute approximate surface area is 93.5 Å². The van der Waals surface area contributed by atoms with Gasteiger partial charge in [-0.2, -0.15) is 0 Å². The predicted octanol–water partition coefficient (Wildman–Crippen LogP) is 2.83.